The van der Waals surface area contributed by atoms with Gasteiger partial charge >= 0.3 is 12.1 Å². The maximum Gasteiger partial charge on any atom is 0.418 e. The first-order valence-corrected chi connectivity index (χ1v) is 6.34. The van der Waals surface area contributed by atoms with Crippen LogP contribution in [0, 0.1) is 0 Å². The van der Waals surface area contributed by atoms with Crippen LogP contribution in [-0.4, -0.2) is 28.0 Å². The highest BCUT2D eigenvalue weighted by Crippen LogP contribution is 2.35. The van der Waals surface area contributed by atoms with Crippen molar-refractivity contribution in [3.8, 4) is 11.6 Å². The van der Waals surface area contributed by atoms with Gasteiger partial charge < -0.3 is 9.84 Å². The molecule has 1 aromatic carbocycles. The van der Waals surface area contributed by atoms with Gasteiger partial charge in [0, 0.05) is 12.0 Å². The van der Waals surface area contributed by atoms with Crippen molar-refractivity contribution >= 4 is 5.97 Å². The average Bonchev–Trinajstić information content (AvgIpc) is 2.86. The predicted octanol–water partition coefficient (Wildman–Crippen LogP) is 2.92. The Hall–Kier alpha value is -2.51. The van der Waals surface area contributed by atoms with Gasteiger partial charge in [0.2, 0.25) is 5.88 Å². The second-order valence-corrected chi connectivity index (χ2v) is 4.50. The number of hydrogen-bond donors (Lipinski definition) is 1. The third-order valence-electron chi connectivity index (χ3n) is 3.04. The summed E-state index contributed by atoms with van der Waals surface area (Å²) in [6.07, 6.45) is -3.26. The molecule has 0 saturated heterocycles. The number of ether oxygens (including phenoxy) is 1. The van der Waals surface area contributed by atoms with E-state index in [1.165, 1.54) is 31.5 Å². The molecule has 0 aliphatic heterocycles. The minimum atomic E-state index is -4.53. The Morgan fingerprint density at radius 2 is 2.05 bits per heavy atom. The molecule has 0 fully saturated rings. The molecule has 1 N–H and O–H groups in total. The molecule has 0 radical (unpaired) electrons. The molecule has 8 heteroatoms. The highest BCUT2D eigenvalue weighted by atomic mass is 19.4. The van der Waals surface area contributed by atoms with E-state index in [9.17, 15) is 18.0 Å². The summed E-state index contributed by atoms with van der Waals surface area (Å²) in [5.74, 6) is -0.913. The Morgan fingerprint density at radius 1 is 1.36 bits per heavy atom. The lowest BCUT2D eigenvalue weighted by Crippen LogP contribution is -2.12. The minimum Gasteiger partial charge on any atom is -0.481 e. The molecule has 1 aromatic heterocycles. The molecule has 0 saturated carbocycles. The summed E-state index contributed by atoms with van der Waals surface area (Å²) in [6, 6.07) is 4.98. The third kappa shape index (κ3) is 3.21. The van der Waals surface area contributed by atoms with Crippen molar-refractivity contribution in [3.05, 3.63) is 41.6 Å². The monoisotopic (exact) mass is 314 g/mol. The molecule has 1 heterocycles. The molecule has 0 aliphatic carbocycles. The standard InChI is InChI=1S/C14H13F3N2O3/c1-22-13-9(6-7-12(20)21)8-18-19(13)11-5-3-2-4-10(11)14(15,16)17/h2-5,8H,6-7H2,1H3,(H,20,21). The van der Waals surface area contributed by atoms with E-state index < -0.39 is 17.7 Å². The maximum absolute atomic E-state index is 13.1. The van der Waals surface area contributed by atoms with Crippen molar-refractivity contribution in [1.29, 1.82) is 0 Å². The Labute approximate surface area is 123 Å². The molecule has 0 bridgehead atoms. The van der Waals surface area contributed by atoms with Crippen LogP contribution in [0.5, 0.6) is 5.88 Å². The number of methoxy groups -OCH3 is 1. The number of carboxylic acids is 1. The van der Waals surface area contributed by atoms with Gasteiger partial charge in [-0.05, 0) is 18.6 Å². The summed E-state index contributed by atoms with van der Waals surface area (Å²) in [5.41, 5.74) is -0.587. The molecule has 2 rings (SSSR count). The first-order valence-electron chi connectivity index (χ1n) is 6.34. The van der Waals surface area contributed by atoms with Crippen LogP contribution in [-0.2, 0) is 17.4 Å². The second-order valence-electron chi connectivity index (χ2n) is 4.50. The molecular weight excluding hydrogens is 301 g/mol. The van der Waals surface area contributed by atoms with Gasteiger partial charge in [-0.25, -0.2) is 4.68 Å². The molecular formula is C14H13F3N2O3. The smallest absolute Gasteiger partial charge is 0.418 e. The van der Waals surface area contributed by atoms with E-state index in [0.29, 0.717) is 5.56 Å². The van der Waals surface area contributed by atoms with Crippen LogP contribution >= 0.6 is 0 Å². The van der Waals surface area contributed by atoms with E-state index in [1.807, 2.05) is 0 Å². The Bertz CT molecular complexity index is 680. The molecule has 0 spiro atoms. The van der Waals surface area contributed by atoms with Crippen molar-refractivity contribution in [2.75, 3.05) is 7.11 Å². The number of aliphatic carboxylic acids is 1. The van der Waals surface area contributed by atoms with Crippen LogP contribution in [0.2, 0.25) is 0 Å². The first kappa shape index (κ1) is 15.9. The summed E-state index contributed by atoms with van der Waals surface area (Å²) in [6.45, 7) is 0. The molecule has 5 nitrogen and oxygen atoms in total. The lowest BCUT2D eigenvalue weighted by atomic mass is 10.1. The lowest BCUT2D eigenvalue weighted by molar-refractivity contribution is -0.138. The minimum absolute atomic E-state index is 0.0953. The van der Waals surface area contributed by atoms with Crippen molar-refractivity contribution in [1.82, 2.24) is 9.78 Å². The zero-order chi connectivity index (χ0) is 16.3. The maximum atomic E-state index is 13.1. The van der Waals surface area contributed by atoms with E-state index in [2.05, 4.69) is 5.10 Å². The summed E-state index contributed by atoms with van der Waals surface area (Å²) in [5, 5.41) is 12.6. The number of aromatic nitrogens is 2. The first-order chi connectivity index (χ1) is 10.3. The van der Waals surface area contributed by atoms with Crippen molar-refractivity contribution in [2.24, 2.45) is 0 Å². The number of hydrogen-bond acceptors (Lipinski definition) is 3. The van der Waals surface area contributed by atoms with Gasteiger partial charge in [-0.3, -0.25) is 4.79 Å². The van der Waals surface area contributed by atoms with Crippen molar-refractivity contribution in [3.63, 3.8) is 0 Å². The normalized spacial score (nSPS) is 11.5. The van der Waals surface area contributed by atoms with Crippen LogP contribution in [0.25, 0.3) is 5.69 Å². The molecule has 0 aliphatic rings. The predicted molar refractivity (Wildman–Crippen MR) is 71.1 cm³/mol. The van der Waals surface area contributed by atoms with E-state index in [0.717, 1.165) is 10.7 Å². The number of benzene rings is 1. The fourth-order valence-corrected chi connectivity index (χ4v) is 2.07. The number of alkyl halides is 3. The highest BCUT2D eigenvalue weighted by molar-refractivity contribution is 5.67. The molecule has 0 atom stereocenters. The van der Waals surface area contributed by atoms with E-state index >= 15 is 0 Å². The van der Waals surface area contributed by atoms with Crippen LogP contribution in [0.3, 0.4) is 0 Å². The van der Waals surface area contributed by atoms with Gasteiger partial charge in [0.25, 0.3) is 0 Å². The van der Waals surface area contributed by atoms with Crippen molar-refractivity contribution < 1.29 is 27.8 Å². The van der Waals surface area contributed by atoms with E-state index in [-0.39, 0.29) is 24.4 Å². The number of rotatable bonds is 5. The number of nitrogens with zero attached hydrogens (tertiary/aromatic N) is 2. The number of halogens is 3. The third-order valence-corrected chi connectivity index (χ3v) is 3.04. The van der Waals surface area contributed by atoms with Crippen LogP contribution in [0.4, 0.5) is 13.2 Å². The fourth-order valence-electron chi connectivity index (χ4n) is 2.07. The van der Waals surface area contributed by atoms with Crippen LogP contribution in [0.1, 0.15) is 17.5 Å². The van der Waals surface area contributed by atoms with Gasteiger partial charge in [0.15, 0.2) is 0 Å². The van der Waals surface area contributed by atoms with Gasteiger partial charge in [0.1, 0.15) is 0 Å². The van der Waals surface area contributed by atoms with Gasteiger partial charge in [-0.15, -0.1) is 0 Å². The van der Waals surface area contributed by atoms with E-state index in [1.54, 1.807) is 0 Å². The van der Waals surface area contributed by atoms with Gasteiger partial charge in [0.05, 0.1) is 24.6 Å². The highest BCUT2D eigenvalue weighted by Gasteiger charge is 2.34. The zero-order valence-electron chi connectivity index (χ0n) is 11.6. The van der Waals surface area contributed by atoms with Gasteiger partial charge in [-0.1, -0.05) is 12.1 Å². The topological polar surface area (TPSA) is 64.3 Å². The Morgan fingerprint density at radius 3 is 2.64 bits per heavy atom. The summed E-state index contributed by atoms with van der Waals surface area (Å²) < 4.78 is 45.4. The quantitative estimate of drug-likeness (QED) is 0.921. The van der Waals surface area contributed by atoms with Crippen LogP contribution < -0.4 is 4.74 Å². The Kier molecular flexibility index (Phi) is 4.39. The summed E-state index contributed by atoms with van der Waals surface area (Å²) >= 11 is 0. The molecule has 0 amide bonds. The number of aryl methyl sites for hydroxylation is 1. The molecule has 118 valence electrons. The number of carboxylic acid groups (broad SMARTS) is 1. The number of para-hydroxylation sites is 1. The van der Waals surface area contributed by atoms with E-state index in [4.69, 9.17) is 9.84 Å². The molecule has 22 heavy (non-hydrogen) atoms. The lowest BCUT2D eigenvalue weighted by Gasteiger charge is -2.14. The van der Waals surface area contributed by atoms with Gasteiger partial charge in [-0.2, -0.15) is 18.3 Å². The number of carbonyl (C=O) groups is 1. The second kappa shape index (κ2) is 6.08. The molecule has 2 aromatic rings. The average molecular weight is 314 g/mol. The Balaban J connectivity index is 2.48. The fraction of sp³-hybridized carbons (Fsp3) is 0.286. The molecule has 0 unspecified atom stereocenters. The summed E-state index contributed by atoms with van der Waals surface area (Å²) in [7, 11) is 1.30. The zero-order valence-corrected chi connectivity index (χ0v) is 11.6. The summed E-state index contributed by atoms with van der Waals surface area (Å²) in [4.78, 5) is 10.6. The largest absolute Gasteiger partial charge is 0.481 e. The SMILES string of the molecule is COc1c(CCC(=O)O)cnn1-c1ccccc1C(F)(F)F. The van der Waals surface area contributed by atoms with Crippen molar-refractivity contribution in [2.45, 2.75) is 19.0 Å². The van der Waals surface area contributed by atoms with Crippen LogP contribution in [0.15, 0.2) is 30.5 Å².